The number of carbonyl (C=O) groups excluding carboxylic acids is 1. The Morgan fingerprint density at radius 2 is 2.19 bits per heavy atom. The Balaban J connectivity index is 1.84. The van der Waals surface area contributed by atoms with Gasteiger partial charge in [-0.05, 0) is 59.0 Å². The average molecular weight is 428 g/mol. The van der Waals surface area contributed by atoms with Gasteiger partial charge in [0, 0.05) is 43.1 Å². The van der Waals surface area contributed by atoms with E-state index in [4.69, 9.17) is 0 Å². The van der Waals surface area contributed by atoms with Gasteiger partial charge in [0.25, 0.3) is 0 Å². The zero-order valence-electron chi connectivity index (χ0n) is 16.0. The zero-order valence-corrected chi connectivity index (χ0v) is 17.6. The van der Waals surface area contributed by atoms with Crippen molar-refractivity contribution in [3.63, 3.8) is 0 Å². The van der Waals surface area contributed by atoms with Crippen molar-refractivity contribution in [2.75, 3.05) is 26.2 Å². The summed E-state index contributed by atoms with van der Waals surface area (Å²) in [6.45, 7) is 11.1. The van der Waals surface area contributed by atoms with E-state index < -0.39 is 0 Å². The minimum atomic E-state index is -0.102. The largest absolute Gasteiger partial charge is 0.349 e. The SMILES string of the molecule is C=CCN1C[C@H](C(=O)N(CC)CC)C=C2c3cccc4[nH]c(Br)c(c34)C[C@H]21. The molecule has 27 heavy (non-hydrogen) atoms. The molecule has 1 aliphatic heterocycles. The quantitative estimate of drug-likeness (QED) is 0.725. The van der Waals surface area contributed by atoms with Crippen molar-refractivity contribution in [1.82, 2.24) is 14.8 Å². The van der Waals surface area contributed by atoms with Gasteiger partial charge in [-0.15, -0.1) is 6.58 Å². The van der Waals surface area contributed by atoms with E-state index in [2.05, 4.69) is 56.7 Å². The lowest BCUT2D eigenvalue weighted by molar-refractivity contribution is -0.134. The van der Waals surface area contributed by atoms with Crippen molar-refractivity contribution < 1.29 is 4.79 Å². The Morgan fingerprint density at radius 3 is 2.89 bits per heavy atom. The molecule has 2 aromatic rings. The van der Waals surface area contributed by atoms with Crippen LogP contribution in [0.4, 0.5) is 0 Å². The number of halogens is 1. The van der Waals surface area contributed by atoms with Crippen molar-refractivity contribution in [3.05, 3.63) is 52.7 Å². The third-order valence-corrected chi connectivity index (χ3v) is 6.63. The summed E-state index contributed by atoms with van der Waals surface area (Å²) in [5.41, 5.74) is 5.04. The maximum absolute atomic E-state index is 13.1. The number of benzene rings is 1. The Labute approximate surface area is 169 Å². The minimum Gasteiger partial charge on any atom is -0.349 e. The highest BCUT2D eigenvalue weighted by Crippen LogP contribution is 2.43. The standard InChI is InChI=1S/C22H26BrN3O/c1-4-10-26-13-14(22(27)25(5-2)6-3)11-16-15-8-7-9-18-20(15)17(12-19(16)26)21(23)24-18/h4,7-9,11,14,19,24H,1,5-6,10,12-13H2,2-3H3/t14-,19-/m1/s1. The molecule has 2 aliphatic rings. The van der Waals surface area contributed by atoms with Crippen LogP contribution in [0.1, 0.15) is 25.0 Å². The molecule has 0 bridgehead atoms. The van der Waals surface area contributed by atoms with Crippen LogP contribution in [0.3, 0.4) is 0 Å². The monoisotopic (exact) mass is 427 g/mol. The molecule has 4 rings (SSSR count). The maximum Gasteiger partial charge on any atom is 0.230 e. The van der Waals surface area contributed by atoms with Crippen molar-refractivity contribution in [2.24, 2.45) is 5.92 Å². The van der Waals surface area contributed by atoms with Crippen LogP contribution in [0.2, 0.25) is 0 Å². The van der Waals surface area contributed by atoms with E-state index in [0.717, 1.165) is 42.7 Å². The molecule has 1 N–H and O–H groups in total. The van der Waals surface area contributed by atoms with Crippen LogP contribution in [0.25, 0.3) is 16.5 Å². The molecule has 4 nitrogen and oxygen atoms in total. The van der Waals surface area contributed by atoms with E-state index in [1.54, 1.807) is 0 Å². The van der Waals surface area contributed by atoms with Gasteiger partial charge in [0.2, 0.25) is 5.91 Å². The molecule has 0 fully saturated rings. The molecule has 2 atom stereocenters. The number of rotatable bonds is 5. The van der Waals surface area contributed by atoms with Crippen LogP contribution < -0.4 is 0 Å². The first-order chi connectivity index (χ1) is 13.1. The summed E-state index contributed by atoms with van der Waals surface area (Å²) in [6.07, 6.45) is 5.14. The van der Waals surface area contributed by atoms with Crippen LogP contribution in [-0.4, -0.2) is 52.9 Å². The number of carbonyl (C=O) groups is 1. The van der Waals surface area contributed by atoms with Crippen molar-refractivity contribution in [3.8, 4) is 0 Å². The first kappa shape index (κ1) is 18.5. The Kier molecular flexibility index (Phi) is 4.99. The number of hydrogen-bond donors (Lipinski definition) is 1. The zero-order chi connectivity index (χ0) is 19.1. The molecule has 0 spiro atoms. The maximum atomic E-state index is 13.1. The Bertz CT molecular complexity index is 925. The highest BCUT2D eigenvalue weighted by atomic mass is 79.9. The average Bonchev–Trinajstić information content (AvgIpc) is 3.00. The second-order valence-corrected chi connectivity index (χ2v) is 8.14. The molecule has 0 radical (unpaired) electrons. The van der Waals surface area contributed by atoms with Crippen molar-refractivity contribution in [2.45, 2.75) is 26.3 Å². The van der Waals surface area contributed by atoms with Crippen LogP contribution in [0.15, 0.2) is 41.5 Å². The highest BCUT2D eigenvalue weighted by Gasteiger charge is 2.38. The lowest BCUT2D eigenvalue weighted by Crippen LogP contribution is -2.49. The minimum absolute atomic E-state index is 0.102. The van der Waals surface area contributed by atoms with Gasteiger partial charge < -0.3 is 9.88 Å². The summed E-state index contributed by atoms with van der Waals surface area (Å²) in [7, 11) is 0. The van der Waals surface area contributed by atoms with Gasteiger partial charge >= 0.3 is 0 Å². The molecular weight excluding hydrogens is 402 g/mol. The molecule has 2 heterocycles. The van der Waals surface area contributed by atoms with Crippen LogP contribution in [-0.2, 0) is 11.2 Å². The number of nitrogens with zero attached hydrogens (tertiary/aromatic N) is 2. The van der Waals surface area contributed by atoms with E-state index in [9.17, 15) is 4.79 Å². The smallest absolute Gasteiger partial charge is 0.230 e. The lowest BCUT2D eigenvalue weighted by atomic mass is 9.79. The second-order valence-electron chi connectivity index (χ2n) is 7.35. The predicted molar refractivity (Wildman–Crippen MR) is 115 cm³/mol. The van der Waals surface area contributed by atoms with Crippen LogP contribution in [0.5, 0.6) is 0 Å². The van der Waals surface area contributed by atoms with Gasteiger partial charge in [-0.1, -0.05) is 24.3 Å². The first-order valence-corrected chi connectivity index (χ1v) is 10.5. The second kappa shape index (κ2) is 7.28. The number of H-pyrrole nitrogens is 1. The van der Waals surface area contributed by atoms with Gasteiger partial charge in [-0.2, -0.15) is 0 Å². The third kappa shape index (κ3) is 2.97. The molecule has 5 heteroatoms. The predicted octanol–water partition coefficient (Wildman–Crippen LogP) is 4.22. The van der Waals surface area contributed by atoms with E-state index in [-0.39, 0.29) is 17.9 Å². The topological polar surface area (TPSA) is 39.3 Å². The lowest BCUT2D eigenvalue weighted by Gasteiger charge is -2.42. The fourth-order valence-electron chi connectivity index (χ4n) is 4.66. The summed E-state index contributed by atoms with van der Waals surface area (Å²) in [4.78, 5) is 20.9. The number of aromatic amines is 1. The van der Waals surface area contributed by atoms with Crippen molar-refractivity contribution in [1.29, 1.82) is 0 Å². The van der Waals surface area contributed by atoms with Gasteiger partial charge in [-0.3, -0.25) is 9.69 Å². The van der Waals surface area contributed by atoms with E-state index in [0.29, 0.717) is 0 Å². The van der Waals surface area contributed by atoms with Crippen LogP contribution >= 0.6 is 15.9 Å². The van der Waals surface area contributed by atoms with E-state index in [1.165, 1.54) is 22.1 Å². The summed E-state index contributed by atoms with van der Waals surface area (Å²) in [6, 6.07) is 6.70. The van der Waals surface area contributed by atoms with Gasteiger partial charge in [-0.25, -0.2) is 0 Å². The van der Waals surface area contributed by atoms with Gasteiger partial charge in [0.1, 0.15) is 0 Å². The number of fused-ring (bicyclic) bond motifs is 2. The Morgan fingerprint density at radius 1 is 1.41 bits per heavy atom. The number of nitrogens with one attached hydrogen (secondary N) is 1. The van der Waals surface area contributed by atoms with E-state index >= 15 is 0 Å². The van der Waals surface area contributed by atoms with Gasteiger partial charge in [0.05, 0.1) is 10.5 Å². The molecular formula is C22H26BrN3O. The summed E-state index contributed by atoms with van der Waals surface area (Å²) in [5, 5.41) is 1.29. The molecule has 1 aromatic carbocycles. The highest BCUT2D eigenvalue weighted by molar-refractivity contribution is 9.10. The first-order valence-electron chi connectivity index (χ1n) is 9.73. The molecule has 0 saturated carbocycles. The summed E-state index contributed by atoms with van der Waals surface area (Å²) < 4.78 is 1.07. The Hall–Kier alpha value is -1.85. The fourth-order valence-corrected chi connectivity index (χ4v) is 5.24. The number of hydrogen-bond acceptors (Lipinski definition) is 2. The summed E-state index contributed by atoms with van der Waals surface area (Å²) in [5.74, 6) is 0.128. The molecule has 142 valence electrons. The van der Waals surface area contributed by atoms with Crippen LogP contribution in [0, 0.1) is 5.92 Å². The molecule has 0 unspecified atom stereocenters. The molecule has 0 saturated heterocycles. The number of amides is 1. The molecule has 1 aliphatic carbocycles. The van der Waals surface area contributed by atoms with E-state index in [1.807, 2.05) is 24.8 Å². The normalized spacial score (nSPS) is 21.7. The molecule has 1 aromatic heterocycles. The summed E-state index contributed by atoms with van der Waals surface area (Å²) >= 11 is 3.71. The van der Waals surface area contributed by atoms with Crippen molar-refractivity contribution >= 4 is 38.3 Å². The fraction of sp³-hybridized carbons (Fsp3) is 0.409. The third-order valence-electron chi connectivity index (χ3n) is 5.95. The number of aromatic nitrogens is 1. The van der Waals surface area contributed by atoms with Gasteiger partial charge in [0.15, 0.2) is 0 Å². The molecule has 1 amide bonds.